The van der Waals surface area contributed by atoms with Crippen molar-refractivity contribution in [3.8, 4) is 5.75 Å². The number of thioether (sulfide) groups is 1. The van der Waals surface area contributed by atoms with Crippen LogP contribution >= 0.6 is 11.8 Å². The van der Waals surface area contributed by atoms with Crippen LogP contribution in [0.15, 0.2) is 114 Å². The molecule has 0 saturated heterocycles. The van der Waals surface area contributed by atoms with E-state index in [0.29, 0.717) is 13.0 Å². The molecule has 0 radical (unpaired) electrons. The van der Waals surface area contributed by atoms with Crippen LogP contribution in [0.3, 0.4) is 0 Å². The second-order valence-electron chi connectivity index (χ2n) is 8.86. The molecule has 0 bridgehead atoms. The maximum absolute atomic E-state index is 13.4. The lowest BCUT2D eigenvalue weighted by Gasteiger charge is -2.18. The van der Waals surface area contributed by atoms with Crippen LogP contribution in [0.5, 0.6) is 5.75 Å². The molecule has 4 aromatic carbocycles. The van der Waals surface area contributed by atoms with Gasteiger partial charge in [-0.3, -0.25) is 9.59 Å². The molecule has 2 amide bonds. The van der Waals surface area contributed by atoms with Crippen LogP contribution in [-0.2, 0) is 16.0 Å². The Morgan fingerprint density at radius 2 is 1.37 bits per heavy atom. The minimum atomic E-state index is -0.449. The molecule has 0 heterocycles. The van der Waals surface area contributed by atoms with Crippen molar-refractivity contribution in [3.63, 3.8) is 0 Å². The smallest absolute Gasteiger partial charge is 0.242 e. The standard InChI is InChI=1S/C32H32N2O3S/c1-2-3-22-37-28-18-14-27(15-19-28)34-32(36)31(25-12-8-5-9-13-25)38-29-20-16-26(17-21-29)33-30(35)23-24-10-6-4-7-11-24/h4-21,31H,2-3,22-23H2,1H3,(H,33,35)(H,34,36). The zero-order chi connectivity index (χ0) is 26.6. The topological polar surface area (TPSA) is 67.4 Å². The highest BCUT2D eigenvalue weighted by Crippen LogP contribution is 2.37. The van der Waals surface area contributed by atoms with Crippen molar-refractivity contribution in [3.05, 3.63) is 120 Å². The number of rotatable bonds is 12. The zero-order valence-corrected chi connectivity index (χ0v) is 22.2. The van der Waals surface area contributed by atoms with E-state index >= 15 is 0 Å². The van der Waals surface area contributed by atoms with Gasteiger partial charge in [-0.1, -0.05) is 74.0 Å². The normalized spacial score (nSPS) is 11.4. The summed E-state index contributed by atoms with van der Waals surface area (Å²) in [6.07, 6.45) is 2.41. The van der Waals surface area contributed by atoms with Gasteiger partial charge < -0.3 is 15.4 Å². The molecule has 0 spiro atoms. The van der Waals surface area contributed by atoms with Crippen LogP contribution < -0.4 is 15.4 Å². The van der Waals surface area contributed by atoms with E-state index in [0.717, 1.165) is 46.0 Å². The molecule has 4 aromatic rings. The third kappa shape index (κ3) is 8.25. The van der Waals surface area contributed by atoms with E-state index in [1.165, 1.54) is 11.8 Å². The molecule has 4 rings (SSSR count). The summed E-state index contributed by atoms with van der Waals surface area (Å²) >= 11 is 1.47. The Morgan fingerprint density at radius 1 is 0.763 bits per heavy atom. The van der Waals surface area contributed by atoms with Gasteiger partial charge in [0.15, 0.2) is 0 Å². The van der Waals surface area contributed by atoms with E-state index in [4.69, 9.17) is 4.74 Å². The van der Waals surface area contributed by atoms with Gasteiger partial charge in [0.05, 0.1) is 13.0 Å². The second kappa shape index (κ2) is 14.1. The van der Waals surface area contributed by atoms with Gasteiger partial charge in [-0.05, 0) is 66.1 Å². The summed E-state index contributed by atoms with van der Waals surface area (Å²) in [6, 6.07) is 34.4. The summed E-state index contributed by atoms with van der Waals surface area (Å²) in [5.74, 6) is 0.613. The number of hydrogen-bond acceptors (Lipinski definition) is 4. The summed E-state index contributed by atoms with van der Waals surface area (Å²) in [7, 11) is 0. The number of nitrogens with one attached hydrogen (secondary N) is 2. The minimum absolute atomic E-state index is 0.0695. The monoisotopic (exact) mass is 524 g/mol. The van der Waals surface area contributed by atoms with Crippen LogP contribution in [0.2, 0.25) is 0 Å². The lowest BCUT2D eigenvalue weighted by Crippen LogP contribution is -2.19. The van der Waals surface area contributed by atoms with Gasteiger partial charge in [0.2, 0.25) is 11.8 Å². The highest BCUT2D eigenvalue weighted by molar-refractivity contribution is 8.00. The van der Waals surface area contributed by atoms with Crippen LogP contribution in [0.25, 0.3) is 0 Å². The average molecular weight is 525 g/mol. The number of ether oxygens (including phenoxy) is 1. The fraction of sp³-hybridized carbons (Fsp3) is 0.188. The molecule has 0 aliphatic carbocycles. The first-order valence-corrected chi connectivity index (χ1v) is 13.7. The molecule has 5 nitrogen and oxygen atoms in total. The Hall–Kier alpha value is -4.03. The minimum Gasteiger partial charge on any atom is -0.494 e. The van der Waals surface area contributed by atoms with Crippen LogP contribution in [0, 0.1) is 0 Å². The Morgan fingerprint density at radius 3 is 2.03 bits per heavy atom. The Bertz CT molecular complexity index is 1290. The largest absolute Gasteiger partial charge is 0.494 e. The molecular formula is C32H32N2O3S. The number of benzene rings is 4. The van der Waals surface area contributed by atoms with Crippen molar-refractivity contribution in [1.82, 2.24) is 0 Å². The van der Waals surface area contributed by atoms with E-state index in [1.807, 2.05) is 109 Å². The van der Waals surface area contributed by atoms with Gasteiger partial charge in [0.1, 0.15) is 11.0 Å². The lowest BCUT2D eigenvalue weighted by molar-refractivity contribution is -0.116. The number of unbranched alkanes of at least 4 members (excludes halogenated alkanes) is 1. The maximum Gasteiger partial charge on any atom is 0.242 e. The highest BCUT2D eigenvalue weighted by Gasteiger charge is 2.22. The molecule has 194 valence electrons. The molecule has 1 atom stereocenters. The summed E-state index contributed by atoms with van der Waals surface area (Å²) in [4.78, 5) is 26.7. The van der Waals surface area contributed by atoms with Crippen LogP contribution in [0.4, 0.5) is 11.4 Å². The van der Waals surface area contributed by atoms with Gasteiger partial charge in [-0.15, -0.1) is 11.8 Å². The molecule has 0 fully saturated rings. The van der Waals surface area contributed by atoms with Crippen molar-refractivity contribution < 1.29 is 14.3 Å². The van der Waals surface area contributed by atoms with E-state index in [9.17, 15) is 9.59 Å². The zero-order valence-electron chi connectivity index (χ0n) is 21.4. The third-order valence-electron chi connectivity index (χ3n) is 5.83. The molecule has 0 aliphatic heterocycles. The number of amides is 2. The molecular weight excluding hydrogens is 492 g/mol. The van der Waals surface area contributed by atoms with E-state index in [2.05, 4.69) is 17.6 Å². The Labute approximate surface area is 228 Å². The fourth-order valence-corrected chi connectivity index (χ4v) is 4.84. The summed E-state index contributed by atoms with van der Waals surface area (Å²) in [5, 5.41) is 5.54. The molecule has 0 aliphatic rings. The molecule has 2 N–H and O–H groups in total. The van der Waals surface area contributed by atoms with E-state index in [1.54, 1.807) is 0 Å². The van der Waals surface area contributed by atoms with Gasteiger partial charge in [0.25, 0.3) is 0 Å². The molecule has 0 aromatic heterocycles. The van der Waals surface area contributed by atoms with Gasteiger partial charge >= 0.3 is 0 Å². The molecule has 1 unspecified atom stereocenters. The van der Waals surface area contributed by atoms with Crippen molar-refractivity contribution >= 4 is 35.0 Å². The summed E-state index contributed by atoms with van der Waals surface area (Å²) < 4.78 is 5.72. The molecule has 38 heavy (non-hydrogen) atoms. The van der Waals surface area contributed by atoms with E-state index < -0.39 is 5.25 Å². The predicted octanol–water partition coefficient (Wildman–Crippen LogP) is 7.52. The maximum atomic E-state index is 13.4. The number of carbonyl (C=O) groups is 2. The van der Waals surface area contributed by atoms with Crippen molar-refractivity contribution in [2.45, 2.75) is 36.3 Å². The molecule has 6 heteroatoms. The molecule has 0 saturated carbocycles. The van der Waals surface area contributed by atoms with Gasteiger partial charge in [-0.2, -0.15) is 0 Å². The van der Waals surface area contributed by atoms with Crippen molar-refractivity contribution in [2.75, 3.05) is 17.2 Å². The number of carbonyl (C=O) groups excluding carboxylic acids is 2. The van der Waals surface area contributed by atoms with Gasteiger partial charge in [-0.25, -0.2) is 0 Å². The predicted molar refractivity (Wildman–Crippen MR) is 156 cm³/mol. The van der Waals surface area contributed by atoms with Crippen LogP contribution in [-0.4, -0.2) is 18.4 Å². The van der Waals surface area contributed by atoms with Crippen molar-refractivity contribution in [1.29, 1.82) is 0 Å². The average Bonchev–Trinajstić information content (AvgIpc) is 2.94. The Balaban J connectivity index is 1.40. The first kappa shape index (κ1) is 27.0. The highest BCUT2D eigenvalue weighted by atomic mass is 32.2. The quantitative estimate of drug-likeness (QED) is 0.149. The Kier molecular flexibility index (Phi) is 9.99. The van der Waals surface area contributed by atoms with Crippen molar-refractivity contribution in [2.24, 2.45) is 0 Å². The number of anilines is 2. The third-order valence-corrected chi connectivity index (χ3v) is 7.09. The first-order valence-electron chi connectivity index (χ1n) is 12.8. The summed E-state index contributed by atoms with van der Waals surface area (Å²) in [5.41, 5.74) is 3.32. The second-order valence-corrected chi connectivity index (χ2v) is 10.0. The summed E-state index contributed by atoms with van der Waals surface area (Å²) in [6.45, 7) is 2.81. The first-order chi connectivity index (χ1) is 18.6. The SMILES string of the molecule is CCCCOc1ccc(NC(=O)C(Sc2ccc(NC(=O)Cc3ccccc3)cc2)c2ccccc2)cc1. The number of hydrogen-bond donors (Lipinski definition) is 2. The van der Waals surface area contributed by atoms with Crippen LogP contribution in [0.1, 0.15) is 36.1 Å². The van der Waals surface area contributed by atoms with E-state index in [-0.39, 0.29) is 11.8 Å². The fourth-order valence-electron chi connectivity index (χ4n) is 3.82. The lowest BCUT2D eigenvalue weighted by atomic mass is 10.1. The van der Waals surface area contributed by atoms with Gasteiger partial charge in [0, 0.05) is 16.3 Å².